The van der Waals surface area contributed by atoms with Crippen molar-refractivity contribution in [2.24, 2.45) is 5.92 Å². The van der Waals surface area contributed by atoms with E-state index >= 15 is 0 Å². The molecule has 10 heteroatoms. The van der Waals surface area contributed by atoms with Crippen LogP contribution in [-0.4, -0.2) is 47.8 Å². The molecule has 3 rings (SSSR count). The summed E-state index contributed by atoms with van der Waals surface area (Å²) in [6.07, 6.45) is 0. The minimum absolute atomic E-state index is 0.0575. The third-order valence-electron chi connectivity index (χ3n) is 5.01. The zero-order valence-corrected chi connectivity index (χ0v) is 20.1. The Morgan fingerprint density at radius 3 is 2.46 bits per heavy atom. The number of fused-ring (bicyclic) bond motifs is 1. The Bertz CT molecular complexity index is 1320. The number of esters is 1. The second-order valence-corrected chi connectivity index (χ2v) is 8.38. The van der Waals surface area contributed by atoms with E-state index in [0.29, 0.717) is 28.8 Å². The lowest BCUT2D eigenvalue weighted by atomic mass is 10.1. The van der Waals surface area contributed by atoms with Crippen molar-refractivity contribution in [3.63, 3.8) is 0 Å². The van der Waals surface area contributed by atoms with Crippen molar-refractivity contribution in [3.05, 3.63) is 64.1 Å². The zero-order valence-electron chi connectivity index (χ0n) is 20.1. The molecule has 0 spiro atoms. The van der Waals surface area contributed by atoms with Gasteiger partial charge in [0.15, 0.2) is 12.3 Å². The quantitative estimate of drug-likeness (QED) is 0.450. The number of hydrogen-bond acceptors (Lipinski definition) is 7. The van der Waals surface area contributed by atoms with E-state index in [4.69, 9.17) is 9.47 Å². The molecule has 3 aromatic rings. The Hall–Kier alpha value is -4.21. The summed E-state index contributed by atoms with van der Waals surface area (Å²) in [6, 6.07) is 11.9. The number of methoxy groups -OCH3 is 1. The van der Waals surface area contributed by atoms with Crippen LogP contribution in [0, 0.1) is 12.8 Å². The van der Waals surface area contributed by atoms with Crippen LogP contribution in [0.2, 0.25) is 0 Å². The smallest absolute Gasteiger partial charge is 0.359 e. The summed E-state index contributed by atoms with van der Waals surface area (Å²) in [6.45, 7) is 5.12. The van der Waals surface area contributed by atoms with Crippen molar-refractivity contribution < 1.29 is 23.9 Å². The number of carbonyl (C=O) groups excluding carboxylic acids is 3. The van der Waals surface area contributed by atoms with Crippen molar-refractivity contribution >= 4 is 34.2 Å². The summed E-state index contributed by atoms with van der Waals surface area (Å²) in [4.78, 5) is 49.8. The third-order valence-corrected chi connectivity index (χ3v) is 5.01. The first-order valence-corrected chi connectivity index (χ1v) is 11.1. The van der Waals surface area contributed by atoms with Gasteiger partial charge in [0.05, 0.1) is 24.7 Å². The van der Waals surface area contributed by atoms with Gasteiger partial charge < -0.3 is 20.1 Å². The number of amides is 2. The highest BCUT2D eigenvalue weighted by Gasteiger charge is 2.19. The topological polar surface area (TPSA) is 129 Å². The standard InChI is InChI=1S/C25H28N4O6/c1-15(2)13-29-24(32)18-8-6-5-7-17(18)23(28-29)25(33)35-14-22(31)26-12-21(30)27-19-11-16(3)9-10-20(19)34-4/h5-11,15H,12-14H2,1-4H3,(H,26,31)(H,27,30). The average Bonchev–Trinajstić information content (AvgIpc) is 2.83. The Balaban J connectivity index is 1.62. The average molecular weight is 481 g/mol. The number of nitrogens with zero attached hydrogens (tertiary/aromatic N) is 2. The van der Waals surface area contributed by atoms with E-state index in [9.17, 15) is 19.2 Å². The molecule has 1 heterocycles. The van der Waals surface area contributed by atoms with Gasteiger partial charge in [0.25, 0.3) is 11.5 Å². The summed E-state index contributed by atoms with van der Waals surface area (Å²) in [5, 5.41) is 9.93. The van der Waals surface area contributed by atoms with Crippen LogP contribution in [0.3, 0.4) is 0 Å². The van der Waals surface area contributed by atoms with E-state index in [1.807, 2.05) is 26.8 Å². The first-order chi connectivity index (χ1) is 16.7. The second-order valence-electron chi connectivity index (χ2n) is 8.38. The molecule has 0 fully saturated rings. The van der Waals surface area contributed by atoms with E-state index in [-0.39, 0.29) is 23.7 Å². The van der Waals surface area contributed by atoms with Gasteiger partial charge in [-0.3, -0.25) is 14.4 Å². The van der Waals surface area contributed by atoms with Gasteiger partial charge in [-0.05, 0) is 36.6 Å². The van der Waals surface area contributed by atoms with Gasteiger partial charge in [0.1, 0.15) is 5.75 Å². The molecule has 0 saturated carbocycles. The van der Waals surface area contributed by atoms with E-state index < -0.39 is 24.4 Å². The summed E-state index contributed by atoms with van der Waals surface area (Å²) in [7, 11) is 1.49. The summed E-state index contributed by atoms with van der Waals surface area (Å²) >= 11 is 0. The van der Waals surface area contributed by atoms with Gasteiger partial charge in [-0.1, -0.05) is 38.1 Å². The van der Waals surface area contributed by atoms with Crippen molar-refractivity contribution in [2.75, 3.05) is 25.6 Å². The normalized spacial score (nSPS) is 10.8. The van der Waals surface area contributed by atoms with E-state index in [1.165, 1.54) is 11.8 Å². The largest absolute Gasteiger partial charge is 0.495 e. The molecule has 0 atom stereocenters. The monoisotopic (exact) mass is 480 g/mol. The Labute approximate surface area is 202 Å². The minimum Gasteiger partial charge on any atom is -0.495 e. The van der Waals surface area contributed by atoms with E-state index in [2.05, 4.69) is 15.7 Å². The Morgan fingerprint density at radius 1 is 1.06 bits per heavy atom. The fourth-order valence-corrected chi connectivity index (χ4v) is 3.40. The summed E-state index contributed by atoms with van der Waals surface area (Å²) in [5.41, 5.74) is 1.04. The predicted molar refractivity (Wildman–Crippen MR) is 130 cm³/mol. The molecule has 10 nitrogen and oxygen atoms in total. The molecule has 0 aliphatic carbocycles. The number of aryl methyl sites for hydroxylation is 1. The van der Waals surface area contributed by atoms with Gasteiger partial charge >= 0.3 is 5.97 Å². The molecule has 2 aromatic carbocycles. The van der Waals surface area contributed by atoms with Gasteiger partial charge in [-0.15, -0.1) is 0 Å². The molecule has 0 radical (unpaired) electrons. The fraction of sp³-hybridized carbons (Fsp3) is 0.320. The number of aromatic nitrogens is 2. The van der Waals surface area contributed by atoms with Crippen LogP contribution in [0.1, 0.15) is 29.9 Å². The molecular formula is C25H28N4O6. The highest BCUT2D eigenvalue weighted by molar-refractivity contribution is 6.02. The van der Waals surface area contributed by atoms with Crippen LogP contribution in [-0.2, 0) is 20.9 Å². The third kappa shape index (κ3) is 6.44. The number of hydrogen-bond donors (Lipinski definition) is 2. The molecule has 0 aliphatic rings. The van der Waals surface area contributed by atoms with Crippen LogP contribution in [0.15, 0.2) is 47.3 Å². The lowest BCUT2D eigenvalue weighted by molar-refractivity contribution is -0.126. The van der Waals surface area contributed by atoms with Crippen LogP contribution in [0.4, 0.5) is 5.69 Å². The predicted octanol–water partition coefficient (Wildman–Crippen LogP) is 2.28. The molecule has 35 heavy (non-hydrogen) atoms. The number of nitrogens with one attached hydrogen (secondary N) is 2. The molecule has 1 aromatic heterocycles. The Morgan fingerprint density at radius 2 is 1.77 bits per heavy atom. The van der Waals surface area contributed by atoms with Gasteiger partial charge in [-0.25, -0.2) is 9.48 Å². The SMILES string of the molecule is COc1ccc(C)cc1NC(=O)CNC(=O)COC(=O)c1nn(CC(C)C)c(=O)c2ccccc12. The molecule has 2 N–H and O–H groups in total. The number of carbonyl (C=O) groups is 3. The van der Waals surface area contributed by atoms with Gasteiger partial charge in [0.2, 0.25) is 5.91 Å². The summed E-state index contributed by atoms with van der Waals surface area (Å²) in [5.74, 6) is -1.36. The molecule has 2 amide bonds. The number of rotatable bonds is 9. The number of anilines is 1. The molecule has 0 aliphatic heterocycles. The molecule has 0 saturated heterocycles. The van der Waals surface area contributed by atoms with E-state index in [0.717, 1.165) is 5.56 Å². The maximum atomic E-state index is 12.7. The molecular weight excluding hydrogens is 452 g/mol. The van der Waals surface area contributed by atoms with Crippen LogP contribution >= 0.6 is 0 Å². The first kappa shape index (κ1) is 25.4. The maximum Gasteiger partial charge on any atom is 0.359 e. The summed E-state index contributed by atoms with van der Waals surface area (Å²) < 4.78 is 11.6. The van der Waals surface area contributed by atoms with Crippen molar-refractivity contribution in [2.45, 2.75) is 27.3 Å². The lowest BCUT2D eigenvalue weighted by Crippen LogP contribution is -2.36. The van der Waals surface area contributed by atoms with Crippen LogP contribution < -0.4 is 20.9 Å². The maximum absolute atomic E-state index is 12.7. The number of ether oxygens (including phenoxy) is 2. The van der Waals surface area contributed by atoms with Gasteiger partial charge in [-0.2, -0.15) is 5.10 Å². The Kier molecular flexibility index (Phi) is 8.19. The molecule has 184 valence electrons. The van der Waals surface area contributed by atoms with Gasteiger partial charge in [0, 0.05) is 11.9 Å². The highest BCUT2D eigenvalue weighted by Crippen LogP contribution is 2.24. The van der Waals surface area contributed by atoms with Crippen LogP contribution in [0.25, 0.3) is 10.8 Å². The highest BCUT2D eigenvalue weighted by atomic mass is 16.5. The van der Waals surface area contributed by atoms with Crippen molar-refractivity contribution in [1.29, 1.82) is 0 Å². The fourth-order valence-electron chi connectivity index (χ4n) is 3.40. The molecule has 0 bridgehead atoms. The number of benzene rings is 2. The zero-order chi connectivity index (χ0) is 25.5. The van der Waals surface area contributed by atoms with Crippen LogP contribution in [0.5, 0.6) is 5.75 Å². The van der Waals surface area contributed by atoms with E-state index in [1.54, 1.807) is 36.4 Å². The minimum atomic E-state index is -0.845. The van der Waals surface area contributed by atoms with Crippen molar-refractivity contribution in [1.82, 2.24) is 15.1 Å². The lowest BCUT2D eigenvalue weighted by Gasteiger charge is -2.13. The molecule has 0 unspecified atom stereocenters. The second kappa shape index (κ2) is 11.3. The van der Waals surface area contributed by atoms with Crippen molar-refractivity contribution in [3.8, 4) is 5.75 Å². The first-order valence-electron chi connectivity index (χ1n) is 11.1.